The number of hydrogen-bond acceptors (Lipinski definition) is 3. The first-order valence-electron chi connectivity index (χ1n) is 3.96. The third-order valence-electron chi connectivity index (χ3n) is 1.59. The Hall–Kier alpha value is -1.39. The fraction of sp³-hybridized carbons (Fsp3) is 0.222. The van der Waals surface area contributed by atoms with Crippen molar-refractivity contribution >= 4 is 11.6 Å². The number of nitrogens with two attached hydrogens (primary N) is 1. The van der Waals surface area contributed by atoms with Crippen LogP contribution >= 0.6 is 0 Å². The zero-order chi connectivity index (χ0) is 9.68. The van der Waals surface area contributed by atoms with Gasteiger partial charge in [0.1, 0.15) is 6.61 Å². The van der Waals surface area contributed by atoms with E-state index in [-0.39, 0.29) is 0 Å². The summed E-state index contributed by atoms with van der Waals surface area (Å²) in [4.78, 5) is 10.8. The molecular weight excluding hydrogens is 168 g/mol. The third kappa shape index (κ3) is 2.85. The van der Waals surface area contributed by atoms with Gasteiger partial charge in [0.15, 0.2) is 0 Å². The van der Waals surface area contributed by atoms with E-state index >= 15 is 0 Å². The molecule has 0 radical (unpaired) electrons. The molecule has 0 unspecified atom stereocenters. The van der Waals surface area contributed by atoms with Crippen molar-refractivity contribution in [3.8, 4) is 0 Å². The number of amides is 1. The molecule has 70 valence electrons. The van der Waals surface area contributed by atoms with Crippen LogP contribution in [0.4, 0.5) is 5.69 Å². The Balaban J connectivity index is 2.71. The highest BCUT2D eigenvalue weighted by Crippen LogP contribution is 2.09. The zero-order valence-corrected chi connectivity index (χ0v) is 7.16. The Morgan fingerprint density at radius 1 is 1.54 bits per heavy atom. The summed E-state index contributed by atoms with van der Waals surface area (Å²) in [6.07, 6.45) is 0. The molecule has 0 bridgehead atoms. The van der Waals surface area contributed by atoms with Gasteiger partial charge < -0.3 is 16.2 Å². The molecule has 13 heavy (non-hydrogen) atoms. The highest BCUT2D eigenvalue weighted by molar-refractivity contribution is 5.91. The van der Waals surface area contributed by atoms with Crippen LogP contribution in [0.1, 0.15) is 5.56 Å². The summed E-state index contributed by atoms with van der Waals surface area (Å²) in [5, 5.41) is 11.0. The molecule has 0 aliphatic heterocycles. The van der Waals surface area contributed by atoms with E-state index in [1.54, 1.807) is 18.2 Å². The maximum atomic E-state index is 10.8. The number of carbonyl (C=O) groups excluding carboxylic acids is 1. The van der Waals surface area contributed by atoms with Gasteiger partial charge in [-0.1, -0.05) is 12.1 Å². The van der Waals surface area contributed by atoms with Crippen molar-refractivity contribution in [2.75, 3.05) is 11.9 Å². The Bertz CT molecular complexity index is 299. The van der Waals surface area contributed by atoms with Crippen LogP contribution in [0.25, 0.3) is 0 Å². The molecule has 0 spiro atoms. The second-order valence-electron chi connectivity index (χ2n) is 2.61. The highest BCUT2D eigenvalue weighted by Gasteiger charge is 1.99. The molecule has 4 nitrogen and oxygen atoms in total. The van der Waals surface area contributed by atoms with Crippen LogP contribution in [0.3, 0.4) is 0 Å². The number of carbonyl (C=O) groups is 1. The van der Waals surface area contributed by atoms with Crippen LogP contribution in [0.5, 0.6) is 0 Å². The lowest BCUT2D eigenvalue weighted by molar-refractivity contribution is -0.118. The number of anilines is 1. The lowest BCUT2D eigenvalue weighted by Crippen LogP contribution is -2.15. The van der Waals surface area contributed by atoms with Crippen molar-refractivity contribution < 1.29 is 9.90 Å². The number of aliphatic hydroxyl groups is 1. The number of nitrogens with one attached hydrogen (secondary N) is 1. The van der Waals surface area contributed by atoms with Crippen molar-refractivity contribution in [2.45, 2.75) is 6.54 Å². The van der Waals surface area contributed by atoms with E-state index in [9.17, 15) is 4.79 Å². The molecule has 0 saturated heterocycles. The summed E-state index contributed by atoms with van der Waals surface area (Å²) in [6, 6.07) is 7.18. The standard InChI is InChI=1S/C9H12N2O2/c10-5-7-2-1-3-8(4-7)11-9(13)6-12/h1-4,12H,5-6,10H2,(H,11,13). The van der Waals surface area contributed by atoms with Gasteiger partial charge in [-0.15, -0.1) is 0 Å². The van der Waals surface area contributed by atoms with Gasteiger partial charge in [-0.2, -0.15) is 0 Å². The maximum Gasteiger partial charge on any atom is 0.250 e. The van der Waals surface area contributed by atoms with E-state index in [0.717, 1.165) is 5.56 Å². The smallest absolute Gasteiger partial charge is 0.250 e. The van der Waals surface area contributed by atoms with E-state index in [1.165, 1.54) is 0 Å². The van der Waals surface area contributed by atoms with Crippen molar-refractivity contribution in [1.29, 1.82) is 0 Å². The normalized spacial score (nSPS) is 9.69. The molecule has 0 atom stereocenters. The maximum absolute atomic E-state index is 10.8. The van der Waals surface area contributed by atoms with Gasteiger partial charge >= 0.3 is 0 Å². The Labute approximate surface area is 76.4 Å². The topological polar surface area (TPSA) is 75.3 Å². The van der Waals surface area contributed by atoms with Crippen molar-refractivity contribution in [3.05, 3.63) is 29.8 Å². The molecule has 4 heteroatoms. The lowest BCUT2D eigenvalue weighted by atomic mass is 10.2. The molecule has 0 aliphatic carbocycles. The number of aliphatic hydroxyl groups excluding tert-OH is 1. The molecule has 0 aliphatic rings. The van der Waals surface area contributed by atoms with E-state index in [2.05, 4.69) is 5.32 Å². The molecule has 0 heterocycles. The first-order chi connectivity index (χ1) is 6.26. The van der Waals surface area contributed by atoms with Gasteiger partial charge in [0.2, 0.25) is 5.91 Å². The molecular formula is C9H12N2O2. The van der Waals surface area contributed by atoms with Gasteiger partial charge in [0.05, 0.1) is 0 Å². The van der Waals surface area contributed by atoms with Gasteiger partial charge in [-0.05, 0) is 17.7 Å². The SMILES string of the molecule is NCc1cccc(NC(=O)CO)c1. The van der Waals surface area contributed by atoms with Crippen LogP contribution in [0.2, 0.25) is 0 Å². The van der Waals surface area contributed by atoms with Crippen LogP contribution in [0, 0.1) is 0 Å². The van der Waals surface area contributed by atoms with Crippen molar-refractivity contribution in [1.82, 2.24) is 0 Å². The number of rotatable bonds is 3. The first-order valence-corrected chi connectivity index (χ1v) is 3.96. The molecule has 0 saturated carbocycles. The number of hydrogen-bond donors (Lipinski definition) is 3. The summed E-state index contributed by atoms with van der Waals surface area (Å²) < 4.78 is 0. The Morgan fingerprint density at radius 2 is 2.31 bits per heavy atom. The predicted molar refractivity (Wildman–Crippen MR) is 50.0 cm³/mol. The van der Waals surface area contributed by atoms with E-state index in [1.807, 2.05) is 6.07 Å². The Kier molecular flexibility index (Phi) is 3.42. The van der Waals surface area contributed by atoms with Gasteiger partial charge in [-0.25, -0.2) is 0 Å². The summed E-state index contributed by atoms with van der Waals surface area (Å²) in [6.45, 7) is -0.0737. The van der Waals surface area contributed by atoms with Crippen molar-refractivity contribution in [3.63, 3.8) is 0 Å². The lowest BCUT2D eigenvalue weighted by Gasteiger charge is -2.04. The highest BCUT2D eigenvalue weighted by atomic mass is 16.3. The largest absolute Gasteiger partial charge is 0.387 e. The fourth-order valence-electron chi connectivity index (χ4n) is 0.977. The van der Waals surface area contributed by atoms with E-state index in [0.29, 0.717) is 12.2 Å². The van der Waals surface area contributed by atoms with E-state index < -0.39 is 12.5 Å². The predicted octanol–water partition coefficient (Wildman–Crippen LogP) is 0.0761. The molecule has 0 fully saturated rings. The van der Waals surface area contributed by atoms with E-state index in [4.69, 9.17) is 10.8 Å². The minimum Gasteiger partial charge on any atom is -0.387 e. The second-order valence-corrected chi connectivity index (χ2v) is 2.61. The number of benzene rings is 1. The quantitative estimate of drug-likeness (QED) is 0.616. The summed E-state index contributed by atoms with van der Waals surface area (Å²) in [5.74, 6) is -0.422. The van der Waals surface area contributed by atoms with Crippen LogP contribution in [-0.2, 0) is 11.3 Å². The molecule has 1 rings (SSSR count). The zero-order valence-electron chi connectivity index (χ0n) is 7.16. The van der Waals surface area contributed by atoms with Gasteiger partial charge in [0, 0.05) is 12.2 Å². The van der Waals surface area contributed by atoms with Crippen LogP contribution in [0.15, 0.2) is 24.3 Å². The van der Waals surface area contributed by atoms with Crippen LogP contribution in [-0.4, -0.2) is 17.6 Å². The minimum absolute atomic E-state index is 0.422. The molecule has 1 amide bonds. The minimum atomic E-state index is -0.507. The molecule has 1 aromatic rings. The second kappa shape index (κ2) is 4.59. The monoisotopic (exact) mass is 180 g/mol. The summed E-state index contributed by atoms with van der Waals surface area (Å²) in [7, 11) is 0. The summed E-state index contributed by atoms with van der Waals surface area (Å²) in [5.41, 5.74) is 7.02. The summed E-state index contributed by atoms with van der Waals surface area (Å²) >= 11 is 0. The molecule has 0 aromatic heterocycles. The van der Waals surface area contributed by atoms with Crippen molar-refractivity contribution in [2.24, 2.45) is 5.73 Å². The Morgan fingerprint density at radius 3 is 2.92 bits per heavy atom. The molecule has 4 N–H and O–H groups in total. The third-order valence-corrected chi connectivity index (χ3v) is 1.59. The van der Waals surface area contributed by atoms with Gasteiger partial charge in [0.25, 0.3) is 0 Å². The average molecular weight is 180 g/mol. The first kappa shape index (κ1) is 9.70. The average Bonchev–Trinajstić information content (AvgIpc) is 2.18. The fourth-order valence-corrected chi connectivity index (χ4v) is 0.977. The van der Waals surface area contributed by atoms with Crippen LogP contribution < -0.4 is 11.1 Å². The van der Waals surface area contributed by atoms with Gasteiger partial charge in [-0.3, -0.25) is 4.79 Å². The molecule has 1 aromatic carbocycles.